The molecule has 2 rings (SSSR count). The van der Waals surface area contributed by atoms with Crippen LogP contribution in [-0.4, -0.2) is 45.8 Å². The zero-order valence-corrected chi connectivity index (χ0v) is 20.1. The van der Waals surface area contributed by atoms with Gasteiger partial charge in [-0.2, -0.15) is 0 Å². The fraction of sp³-hybridized carbons (Fsp3) is 0.480. The van der Waals surface area contributed by atoms with E-state index in [1.807, 2.05) is 84.2 Å². The summed E-state index contributed by atoms with van der Waals surface area (Å²) in [7, 11) is 0. The Kier molecular flexibility index (Phi) is 13.0. The highest BCUT2D eigenvalue weighted by Gasteiger charge is 2.28. The lowest BCUT2D eigenvalue weighted by atomic mass is 10.1. The van der Waals surface area contributed by atoms with Gasteiger partial charge in [0.15, 0.2) is 5.78 Å². The first kappa shape index (κ1) is 25.9. The van der Waals surface area contributed by atoms with Gasteiger partial charge < -0.3 is 14.6 Å². The monoisotopic (exact) mass is 462 g/mol. The summed E-state index contributed by atoms with van der Waals surface area (Å²) in [5.41, 5.74) is 2.00. The van der Waals surface area contributed by atoms with E-state index in [-0.39, 0.29) is 19.0 Å². The van der Waals surface area contributed by atoms with Gasteiger partial charge in [0, 0.05) is 6.42 Å². The molecular weight excluding hydrogens is 428 g/mol. The summed E-state index contributed by atoms with van der Waals surface area (Å²) >= 11 is 3.74. The number of hydrogen-bond donors (Lipinski definition) is 1. The van der Waals surface area contributed by atoms with Crippen molar-refractivity contribution in [1.82, 2.24) is 0 Å². The van der Waals surface area contributed by atoms with Crippen LogP contribution < -0.4 is 0 Å². The number of carbonyl (C=O) groups is 1. The van der Waals surface area contributed by atoms with Crippen LogP contribution in [0.25, 0.3) is 0 Å². The Morgan fingerprint density at radius 3 is 2.00 bits per heavy atom. The fourth-order valence-electron chi connectivity index (χ4n) is 3.13. The summed E-state index contributed by atoms with van der Waals surface area (Å²) in [4.78, 5) is 13.0. The van der Waals surface area contributed by atoms with E-state index in [0.29, 0.717) is 17.6 Å². The van der Waals surface area contributed by atoms with Crippen molar-refractivity contribution in [3.8, 4) is 0 Å². The molecular formula is C25H34O4S2. The van der Waals surface area contributed by atoms with E-state index in [2.05, 4.69) is 13.8 Å². The van der Waals surface area contributed by atoms with Crippen LogP contribution in [0.2, 0.25) is 0 Å². The summed E-state index contributed by atoms with van der Waals surface area (Å²) in [6.07, 6.45) is -0.732. The molecule has 0 bridgehead atoms. The van der Waals surface area contributed by atoms with E-state index in [9.17, 15) is 9.90 Å². The van der Waals surface area contributed by atoms with Gasteiger partial charge >= 0.3 is 0 Å². The molecule has 0 aliphatic rings. The number of ketones is 1. The molecule has 0 spiro atoms. The normalized spacial score (nSPS) is 13.3. The van der Waals surface area contributed by atoms with Crippen LogP contribution in [0.5, 0.6) is 0 Å². The van der Waals surface area contributed by atoms with Crippen LogP contribution in [0.15, 0.2) is 60.7 Å². The minimum atomic E-state index is -1.00. The minimum Gasteiger partial charge on any atom is -0.388 e. The van der Waals surface area contributed by atoms with Crippen molar-refractivity contribution in [3.05, 3.63) is 71.8 Å². The molecule has 31 heavy (non-hydrogen) atoms. The molecule has 2 aromatic rings. The second-order valence-electron chi connectivity index (χ2n) is 7.13. The third kappa shape index (κ3) is 10.2. The lowest BCUT2D eigenvalue weighted by Gasteiger charge is -2.23. The van der Waals surface area contributed by atoms with Crippen LogP contribution in [0, 0.1) is 0 Å². The topological polar surface area (TPSA) is 55.8 Å². The maximum Gasteiger partial charge on any atom is 0.164 e. The molecule has 0 heterocycles. The molecule has 0 saturated carbocycles. The van der Waals surface area contributed by atoms with Crippen LogP contribution in [-0.2, 0) is 27.5 Å². The zero-order valence-electron chi connectivity index (χ0n) is 18.4. The van der Waals surface area contributed by atoms with Gasteiger partial charge in [-0.05, 0) is 29.1 Å². The Morgan fingerprint density at radius 1 is 0.903 bits per heavy atom. The number of Topliss-reactive ketones (excluding diaryl/α,β-unsaturated/α-hetero) is 1. The summed E-state index contributed by atoms with van der Waals surface area (Å²) in [6, 6.07) is 19.5. The maximum atomic E-state index is 13.0. The second-order valence-corrected chi connectivity index (χ2v) is 10.4. The van der Waals surface area contributed by atoms with Crippen LogP contribution in [0.1, 0.15) is 37.8 Å². The molecule has 1 N–H and O–H groups in total. The largest absolute Gasteiger partial charge is 0.388 e. The molecule has 0 fully saturated rings. The van der Waals surface area contributed by atoms with E-state index in [4.69, 9.17) is 9.47 Å². The third-order valence-corrected chi connectivity index (χ3v) is 7.37. The van der Waals surface area contributed by atoms with Crippen molar-refractivity contribution in [1.29, 1.82) is 0 Å². The van der Waals surface area contributed by atoms with E-state index < -0.39 is 12.2 Å². The number of thioether (sulfide) groups is 2. The van der Waals surface area contributed by atoms with Crippen LogP contribution in [0.3, 0.4) is 0 Å². The Balaban J connectivity index is 1.94. The average molecular weight is 463 g/mol. The first-order valence-electron chi connectivity index (χ1n) is 10.8. The number of hydrogen-bond acceptors (Lipinski definition) is 6. The summed E-state index contributed by atoms with van der Waals surface area (Å²) < 4.78 is 12.0. The van der Waals surface area contributed by atoms with Gasteiger partial charge in [-0.3, -0.25) is 4.79 Å². The third-order valence-electron chi connectivity index (χ3n) is 4.67. The smallest absolute Gasteiger partial charge is 0.164 e. The first-order valence-corrected chi connectivity index (χ1v) is 12.9. The van der Waals surface area contributed by atoms with Gasteiger partial charge in [0.2, 0.25) is 0 Å². The second kappa shape index (κ2) is 15.5. The van der Waals surface area contributed by atoms with Gasteiger partial charge in [-0.15, -0.1) is 23.5 Å². The Labute approximate surface area is 195 Å². The molecule has 2 aromatic carbocycles. The molecule has 0 aromatic heterocycles. The quantitative estimate of drug-likeness (QED) is 0.340. The Morgan fingerprint density at radius 2 is 1.45 bits per heavy atom. The van der Waals surface area contributed by atoms with Crippen molar-refractivity contribution < 1.29 is 19.4 Å². The molecule has 170 valence electrons. The molecule has 0 saturated heterocycles. The Bertz CT molecular complexity index is 721. The number of ether oxygens (including phenoxy) is 2. The minimum absolute atomic E-state index is 0.0525. The molecule has 0 amide bonds. The highest BCUT2D eigenvalue weighted by atomic mass is 32.2. The number of aliphatic hydroxyl groups excluding tert-OH is 1. The Hall–Kier alpha value is -1.31. The fourth-order valence-corrected chi connectivity index (χ4v) is 5.64. The van der Waals surface area contributed by atoms with Crippen molar-refractivity contribution in [2.24, 2.45) is 0 Å². The highest BCUT2D eigenvalue weighted by molar-refractivity contribution is 8.16. The molecule has 2 atom stereocenters. The van der Waals surface area contributed by atoms with Crippen LogP contribution >= 0.6 is 23.5 Å². The molecule has 0 aliphatic carbocycles. The van der Waals surface area contributed by atoms with Gasteiger partial charge in [-0.1, -0.05) is 74.5 Å². The zero-order chi connectivity index (χ0) is 22.3. The van der Waals surface area contributed by atoms with Crippen molar-refractivity contribution in [2.75, 3.05) is 18.1 Å². The average Bonchev–Trinajstić information content (AvgIpc) is 2.79. The predicted octanol–water partition coefficient (Wildman–Crippen LogP) is 5.33. The standard InChI is InChI=1S/C25H34O4S2/c1-3-30-24(31-4-2)16-15-22(26)25(29-18-21-13-9-6-10-14-21)23(27)19-28-17-20-11-7-5-8-12-20/h5-14,23-25,27H,3-4,15-19H2,1-2H3/t23-,25-/m1/s1. The van der Waals surface area contributed by atoms with E-state index in [0.717, 1.165) is 29.1 Å². The molecule has 0 aliphatic heterocycles. The predicted molar refractivity (Wildman–Crippen MR) is 131 cm³/mol. The molecule has 4 nitrogen and oxygen atoms in total. The lowest BCUT2D eigenvalue weighted by molar-refractivity contribution is -0.144. The molecule has 0 unspecified atom stereocenters. The SMILES string of the molecule is CCSC(CCC(=O)[C@@H](OCc1ccccc1)[C@H](O)COCc1ccccc1)SCC. The van der Waals surface area contributed by atoms with E-state index in [1.54, 1.807) is 0 Å². The van der Waals surface area contributed by atoms with Gasteiger partial charge in [-0.25, -0.2) is 0 Å². The van der Waals surface area contributed by atoms with E-state index in [1.165, 1.54) is 0 Å². The highest BCUT2D eigenvalue weighted by Crippen LogP contribution is 2.28. The number of carbonyl (C=O) groups excluding carboxylic acids is 1. The van der Waals surface area contributed by atoms with Gasteiger partial charge in [0.05, 0.1) is 24.4 Å². The lowest BCUT2D eigenvalue weighted by Crippen LogP contribution is -2.39. The number of rotatable bonds is 16. The van der Waals surface area contributed by atoms with Crippen molar-refractivity contribution >= 4 is 29.3 Å². The number of benzene rings is 2. The van der Waals surface area contributed by atoms with Gasteiger partial charge in [0.1, 0.15) is 12.2 Å². The maximum absolute atomic E-state index is 13.0. The summed E-state index contributed by atoms with van der Waals surface area (Å²) in [5, 5.41) is 10.7. The molecule has 6 heteroatoms. The summed E-state index contributed by atoms with van der Waals surface area (Å²) in [5.74, 6) is 1.98. The van der Waals surface area contributed by atoms with E-state index >= 15 is 0 Å². The van der Waals surface area contributed by atoms with Gasteiger partial charge in [0.25, 0.3) is 0 Å². The van der Waals surface area contributed by atoms with Crippen LogP contribution in [0.4, 0.5) is 0 Å². The van der Waals surface area contributed by atoms with Crippen molar-refractivity contribution in [2.45, 2.75) is 56.7 Å². The molecule has 0 radical (unpaired) electrons. The number of aliphatic hydroxyl groups is 1. The summed E-state index contributed by atoms with van der Waals surface area (Å²) in [6.45, 7) is 4.99. The first-order chi connectivity index (χ1) is 15.1. The van der Waals surface area contributed by atoms with Crippen molar-refractivity contribution in [3.63, 3.8) is 0 Å².